The fourth-order valence-electron chi connectivity index (χ4n) is 2.93. The number of benzene rings is 3. The third-order valence-corrected chi connectivity index (χ3v) is 4.60. The molecule has 1 N–H and O–H groups in total. The highest BCUT2D eigenvalue weighted by atomic mass is 16.6. The van der Waals surface area contributed by atoms with Crippen LogP contribution in [-0.2, 0) is 33.9 Å². The van der Waals surface area contributed by atoms with Crippen molar-refractivity contribution >= 4 is 12.1 Å². The van der Waals surface area contributed by atoms with Crippen molar-refractivity contribution in [2.45, 2.75) is 25.7 Å². The lowest BCUT2D eigenvalue weighted by atomic mass is 10.1. The summed E-state index contributed by atoms with van der Waals surface area (Å²) in [4.78, 5) is 24.2. The summed E-state index contributed by atoms with van der Waals surface area (Å²) in [6, 6.07) is 25.8. The second-order valence-corrected chi connectivity index (χ2v) is 6.90. The van der Waals surface area contributed by atoms with E-state index in [0.717, 1.165) is 22.4 Å². The van der Waals surface area contributed by atoms with Crippen molar-refractivity contribution in [3.63, 3.8) is 0 Å². The minimum absolute atomic E-state index is 0.0882. The summed E-state index contributed by atoms with van der Waals surface area (Å²) >= 11 is 0. The highest BCUT2D eigenvalue weighted by Gasteiger charge is 2.22. The molecule has 6 heteroatoms. The van der Waals surface area contributed by atoms with E-state index in [-0.39, 0.29) is 6.61 Å². The molecule has 1 atom stereocenters. The predicted molar refractivity (Wildman–Crippen MR) is 116 cm³/mol. The second kappa shape index (κ2) is 11.4. The molecular formula is C25H25NO5. The van der Waals surface area contributed by atoms with Crippen LogP contribution >= 0.6 is 0 Å². The van der Waals surface area contributed by atoms with Gasteiger partial charge in [-0.25, -0.2) is 9.59 Å². The minimum Gasteiger partial charge on any atom is -0.489 e. The third-order valence-electron chi connectivity index (χ3n) is 4.60. The molecular weight excluding hydrogens is 394 g/mol. The zero-order valence-corrected chi connectivity index (χ0v) is 17.3. The molecule has 0 fully saturated rings. The van der Waals surface area contributed by atoms with Crippen LogP contribution in [0.2, 0.25) is 0 Å². The number of rotatable bonds is 9. The standard InChI is InChI=1S/C25H25NO5/c1-29-24(27)23(16-19-8-4-2-5-9-19)26-25(28)31-18-21-14-12-20(13-15-21)17-30-22-10-6-3-7-11-22/h2-15,23H,16-18H2,1H3,(H,26,28)/t23-/m1/s1. The van der Waals surface area contributed by atoms with Crippen LogP contribution < -0.4 is 10.1 Å². The number of hydrogen-bond acceptors (Lipinski definition) is 5. The Morgan fingerprint density at radius 1 is 0.774 bits per heavy atom. The van der Waals surface area contributed by atoms with Crippen molar-refractivity contribution < 1.29 is 23.8 Å². The molecule has 0 unspecified atom stereocenters. The summed E-state index contributed by atoms with van der Waals surface area (Å²) in [6.45, 7) is 0.539. The first-order valence-electron chi connectivity index (χ1n) is 9.95. The number of methoxy groups -OCH3 is 1. The largest absolute Gasteiger partial charge is 0.489 e. The first-order chi connectivity index (χ1) is 15.1. The quantitative estimate of drug-likeness (QED) is 0.524. The number of carbonyl (C=O) groups excluding carboxylic acids is 2. The van der Waals surface area contributed by atoms with Crippen molar-refractivity contribution in [3.05, 3.63) is 102 Å². The fourth-order valence-corrected chi connectivity index (χ4v) is 2.93. The van der Waals surface area contributed by atoms with Crippen molar-refractivity contribution in [2.75, 3.05) is 7.11 Å². The Labute approximate surface area is 181 Å². The topological polar surface area (TPSA) is 73.9 Å². The van der Waals surface area contributed by atoms with Crippen LogP contribution in [0.4, 0.5) is 4.79 Å². The number of ether oxygens (including phenoxy) is 3. The Hall–Kier alpha value is -3.80. The Morgan fingerprint density at radius 2 is 1.35 bits per heavy atom. The molecule has 0 aliphatic rings. The average Bonchev–Trinajstić information content (AvgIpc) is 2.82. The maximum atomic E-state index is 12.2. The van der Waals surface area contributed by atoms with Gasteiger partial charge in [0.05, 0.1) is 7.11 Å². The van der Waals surface area contributed by atoms with Gasteiger partial charge in [-0.2, -0.15) is 0 Å². The van der Waals surface area contributed by atoms with Crippen molar-refractivity contribution in [3.8, 4) is 5.75 Å². The van der Waals surface area contributed by atoms with Gasteiger partial charge >= 0.3 is 12.1 Å². The highest BCUT2D eigenvalue weighted by molar-refractivity contribution is 5.81. The van der Waals surface area contributed by atoms with E-state index in [1.54, 1.807) is 0 Å². The van der Waals surface area contributed by atoms with Gasteiger partial charge in [-0.3, -0.25) is 0 Å². The van der Waals surface area contributed by atoms with Crippen LogP contribution in [0.3, 0.4) is 0 Å². The Bertz CT molecular complexity index is 958. The van der Waals surface area contributed by atoms with Gasteiger partial charge in [0.25, 0.3) is 0 Å². The molecule has 0 radical (unpaired) electrons. The van der Waals surface area contributed by atoms with E-state index < -0.39 is 18.1 Å². The van der Waals surface area contributed by atoms with E-state index in [1.165, 1.54) is 7.11 Å². The minimum atomic E-state index is -0.822. The first-order valence-corrected chi connectivity index (χ1v) is 9.95. The van der Waals surface area contributed by atoms with Gasteiger partial charge in [0.1, 0.15) is 25.0 Å². The van der Waals surface area contributed by atoms with Crippen LogP contribution in [-0.4, -0.2) is 25.2 Å². The van der Waals surface area contributed by atoms with Gasteiger partial charge < -0.3 is 19.5 Å². The number of para-hydroxylation sites is 1. The SMILES string of the molecule is COC(=O)[C@@H](Cc1ccccc1)NC(=O)OCc1ccc(COc2ccccc2)cc1. The van der Waals surface area contributed by atoms with Crippen molar-refractivity contribution in [1.82, 2.24) is 5.32 Å². The molecule has 0 bridgehead atoms. The molecule has 0 heterocycles. The lowest BCUT2D eigenvalue weighted by Gasteiger charge is -2.16. The average molecular weight is 419 g/mol. The summed E-state index contributed by atoms with van der Waals surface area (Å²) < 4.78 is 15.8. The van der Waals surface area contributed by atoms with Gasteiger partial charge in [-0.15, -0.1) is 0 Å². The lowest BCUT2D eigenvalue weighted by Crippen LogP contribution is -2.43. The number of esters is 1. The van der Waals surface area contributed by atoms with Gasteiger partial charge in [0, 0.05) is 6.42 Å². The van der Waals surface area contributed by atoms with Crippen LogP contribution in [0, 0.1) is 0 Å². The molecule has 31 heavy (non-hydrogen) atoms. The lowest BCUT2D eigenvalue weighted by molar-refractivity contribution is -0.143. The second-order valence-electron chi connectivity index (χ2n) is 6.90. The van der Waals surface area contributed by atoms with Crippen LogP contribution in [0.15, 0.2) is 84.9 Å². The molecule has 0 aromatic heterocycles. The molecule has 1 amide bonds. The zero-order valence-electron chi connectivity index (χ0n) is 17.3. The molecule has 3 aromatic rings. The molecule has 0 aliphatic carbocycles. The third kappa shape index (κ3) is 7.19. The predicted octanol–water partition coefficient (Wildman–Crippen LogP) is 4.28. The molecule has 0 saturated heterocycles. The summed E-state index contributed by atoms with van der Waals surface area (Å²) in [6.07, 6.45) is -0.360. The number of nitrogens with one attached hydrogen (secondary N) is 1. The van der Waals surface area contributed by atoms with Crippen molar-refractivity contribution in [1.29, 1.82) is 0 Å². The Kier molecular flexibility index (Phi) is 8.05. The normalized spacial score (nSPS) is 11.3. The van der Waals surface area contributed by atoms with E-state index in [0.29, 0.717) is 13.0 Å². The summed E-state index contributed by atoms with van der Waals surface area (Å²) in [5, 5.41) is 2.58. The Morgan fingerprint density at radius 3 is 1.97 bits per heavy atom. The van der Waals surface area contributed by atoms with Crippen molar-refractivity contribution in [2.24, 2.45) is 0 Å². The number of hydrogen-bond donors (Lipinski definition) is 1. The molecule has 0 aliphatic heterocycles. The summed E-state index contributed by atoms with van der Waals surface area (Å²) in [7, 11) is 1.29. The van der Waals surface area contributed by atoms with E-state index in [9.17, 15) is 9.59 Å². The maximum Gasteiger partial charge on any atom is 0.408 e. The smallest absolute Gasteiger partial charge is 0.408 e. The number of amides is 1. The Balaban J connectivity index is 1.47. The molecule has 160 valence electrons. The van der Waals surface area contributed by atoms with E-state index >= 15 is 0 Å². The van der Waals surface area contributed by atoms with E-state index in [2.05, 4.69) is 5.32 Å². The van der Waals surface area contributed by atoms with E-state index in [4.69, 9.17) is 14.2 Å². The fraction of sp³-hybridized carbons (Fsp3) is 0.200. The summed E-state index contributed by atoms with van der Waals surface area (Å²) in [5.74, 6) is 0.283. The highest BCUT2D eigenvalue weighted by Crippen LogP contribution is 2.13. The molecule has 3 aromatic carbocycles. The van der Waals surface area contributed by atoms with Gasteiger partial charge in [-0.05, 0) is 28.8 Å². The monoisotopic (exact) mass is 419 g/mol. The molecule has 3 rings (SSSR count). The van der Waals surface area contributed by atoms with Crippen LogP contribution in [0.5, 0.6) is 5.75 Å². The molecule has 0 spiro atoms. The van der Waals surface area contributed by atoms with Gasteiger partial charge in [-0.1, -0.05) is 72.8 Å². The molecule has 0 saturated carbocycles. The molecule has 6 nitrogen and oxygen atoms in total. The van der Waals surface area contributed by atoms with Gasteiger partial charge in [0.2, 0.25) is 0 Å². The van der Waals surface area contributed by atoms with E-state index in [1.807, 2.05) is 84.9 Å². The van der Waals surface area contributed by atoms with Crippen LogP contribution in [0.25, 0.3) is 0 Å². The first kappa shape index (κ1) is 21.9. The maximum absolute atomic E-state index is 12.2. The number of alkyl carbamates (subject to hydrolysis) is 1. The van der Waals surface area contributed by atoms with Gasteiger partial charge in [0.15, 0.2) is 0 Å². The summed E-state index contributed by atoms with van der Waals surface area (Å²) in [5.41, 5.74) is 2.74. The number of carbonyl (C=O) groups is 2. The van der Waals surface area contributed by atoms with Crippen LogP contribution in [0.1, 0.15) is 16.7 Å². The zero-order chi connectivity index (χ0) is 21.9.